The van der Waals surface area contributed by atoms with E-state index < -0.39 is 0 Å². The fourth-order valence-electron chi connectivity index (χ4n) is 1.95. The second-order valence-corrected chi connectivity index (χ2v) is 4.09. The fraction of sp³-hybridized carbons (Fsp3) is 1.00. The molecule has 0 N–H and O–H groups in total. The molecule has 0 aliphatic heterocycles. The van der Waals surface area contributed by atoms with Crippen molar-refractivity contribution in [1.82, 2.24) is 0 Å². The Kier molecular flexibility index (Phi) is 4.46. The molecule has 0 bridgehead atoms. The lowest BCUT2D eigenvalue weighted by atomic mass is 9.85. The van der Waals surface area contributed by atoms with Gasteiger partial charge in [0, 0.05) is 12.4 Å². The number of hydrogen-bond acceptors (Lipinski definition) is 1. The van der Waals surface area contributed by atoms with Gasteiger partial charge in [0.2, 0.25) is 0 Å². The van der Waals surface area contributed by atoms with E-state index in [2.05, 4.69) is 15.9 Å². The van der Waals surface area contributed by atoms with Gasteiger partial charge in [-0.3, -0.25) is 0 Å². The van der Waals surface area contributed by atoms with Gasteiger partial charge in [-0.1, -0.05) is 28.8 Å². The lowest BCUT2D eigenvalue weighted by molar-refractivity contribution is 0.0229. The molecule has 11 heavy (non-hydrogen) atoms. The molecule has 1 nitrogen and oxygen atoms in total. The second kappa shape index (κ2) is 5.15. The molecule has 66 valence electrons. The van der Waals surface area contributed by atoms with Crippen molar-refractivity contribution in [3.8, 4) is 0 Å². The highest BCUT2D eigenvalue weighted by Crippen LogP contribution is 2.29. The maximum atomic E-state index is 5.44. The lowest BCUT2D eigenvalue weighted by Crippen LogP contribution is -2.26. The van der Waals surface area contributed by atoms with Gasteiger partial charge >= 0.3 is 0 Å². The fourth-order valence-corrected chi connectivity index (χ4v) is 2.54. The molecule has 1 rings (SSSR count). The molecule has 0 radical (unpaired) electrons. The molecule has 0 amide bonds. The number of alkyl halides is 1. The Hall–Kier alpha value is 0.440. The molecule has 0 saturated heterocycles. The Morgan fingerprint density at radius 2 is 2.09 bits per heavy atom. The van der Waals surface area contributed by atoms with E-state index in [4.69, 9.17) is 4.74 Å². The maximum Gasteiger partial charge on any atom is 0.0599 e. The van der Waals surface area contributed by atoms with Crippen molar-refractivity contribution in [3.05, 3.63) is 0 Å². The van der Waals surface area contributed by atoms with Gasteiger partial charge in [0.25, 0.3) is 0 Å². The second-order valence-electron chi connectivity index (χ2n) is 3.30. The van der Waals surface area contributed by atoms with E-state index in [1.54, 1.807) is 0 Å². The maximum absolute atomic E-state index is 5.44. The smallest absolute Gasteiger partial charge is 0.0599 e. The van der Waals surface area contributed by atoms with Gasteiger partial charge in [0.15, 0.2) is 0 Å². The number of rotatable bonds is 3. The van der Waals surface area contributed by atoms with Gasteiger partial charge in [-0.25, -0.2) is 0 Å². The first-order valence-electron chi connectivity index (χ1n) is 4.47. The zero-order valence-electron chi connectivity index (χ0n) is 7.18. The number of methoxy groups -OCH3 is 1. The van der Waals surface area contributed by atoms with E-state index in [0.717, 1.165) is 11.2 Å². The summed E-state index contributed by atoms with van der Waals surface area (Å²) in [5.74, 6) is 0.813. The first-order chi connectivity index (χ1) is 5.38. The molecule has 0 aromatic rings. The average Bonchev–Trinajstić information content (AvgIpc) is 2.06. The summed E-state index contributed by atoms with van der Waals surface area (Å²) in [5, 5.41) is 1.12. The molecule has 0 aromatic carbocycles. The number of ether oxygens (including phenoxy) is 1. The minimum atomic E-state index is 0.543. The van der Waals surface area contributed by atoms with E-state index in [9.17, 15) is 0 Å². The van der Waals surface area contributed by atoms with Gasteiger partial charge in [0.1, 0.15) is 0 Å². The third kappa shape index (κ3) is 2.75. The Morgan fingerprint density at radius 1 is 1.36 bits per heavy atom. The van der Waals surface area contributed by atoms with Crippen molar-refractivity contribution in [1.29, 1.82) is 0 Å². The van der Waals surface area contributed by atoms with Crippen LogP contribution in [0.1, 0.15) is 32.1 Å². The Labute approximate surface area is 77.6 Å². The van der Waals surface area contributed by atoms with Crippen molar-refractivity contribution < 1.29 is 4.74 Å². The van der Waals surface area contributed by atoms with Crippen LogP contribution in [-0.2, 0) is 4.74 Å². The molecule has 1 saturated carbocycles. The summed E-state index contributed by atoms with van der Waals surface area (Å²) in [4.78, 5) is 0. The van der Waals surface area contributed by atoms with Crippen LogP contribution < -0.4 is 0 Å². The van der Waals surface area contributed by atoms with E-state index in [1.807, 2.05) is 7.11 Å². The Morgan fingerprint density at radius 3 is 2.73 bits per heavy atom. The zero-order chi connectivity index (χ0) is 8.10. The van der Waals surface area contributed by atoms with Crippen LogP contribution >= 0.6 is 15.9 Å². The topological polar surface area (TPSA) is 9.23 Å². The van der Waals surface area contributed by atoms with Crippen LogP contribution in [0, 0.1) is 5.92 Å². The molecule has 0 unspecified atom stereocenters. The summed E-state index contributed by atoms with van der Waals surface area (Å²) in [5.41, 5.74) is 0. The summed E-state index contributed by atoms with van der Waals surface area (Å²) in [7, 11) is 1.84. The molecular formula is C9H17BrO. The predicted molar refractivity (Wildman–Crippen MR) is 51.2 cm³/mol. The molecule has 2 atom stereocenters. The van der Waals surface area contributed by atoms with Crippen LogP contribution in [0.25, 0.3) is 0 Å². The summed E-state index contributed by atoms with van der Waals surface area (Å²) in [6.07, 6.45) is 7.22. The predicted octanol–water partition coefficient (Wildman–Crippen LogP) is 2.98. The van der Waals surface area contributed by atoms with Crippen molar-refractivity contribution in [2.45, 2.75) is 38.2 Å². The normalized spacial score (nSPS) is 32.2. The van der Waals surface area contributed by atoms with Crippen LogP contribution in [0.5, 0.6) is 0 Å². The number of halogens is 1. The SMILES string of the molecule is CO[C@H]1CCCC[C@H]1CCBr. The summed E-state index contributed by atoms with van der Waals surface area (Å²) in [6.45, 7) is 0. The van der Waals surface area contributed by atoms with Crippen LogP contribution in [0.4, 0.5) is 0 Å². The van der Waals surface area contributed by atoms with E-state index in [1.165, 1.54) is 32.1 Å². The highest BCUT2D eigenvalue weighted by molar-refractivity contribution is 9.09. The average molecular weight is 221 g/mol. The van der Waals surface area contributed by atoms with Gasteiger partial charge in [-0.05, 0) is 25.2 Å². The number of hydrogen-bond donors (Lipinski definition) is 0. The first-order valence-corrected chi connectivity index (χ1v) is 5.59. The van der Waals surface area contributed by atoms with Gasteiger partial charge in [-0.15, -0.1) is 0 Å². The van der Waals surface area contributed by atoms with Crippen molar-refractivity contribution in [2.75, 3.05) is 12.4 Å². The van der Waals surface area contributed by atoms with E-state index >= 15 is 0 Å². The van der Waals surface area contributed by atoms with Crippen molar-refractivity contribution >= 4 is 15.9 Å². The molecule has 1 aliphatic carbocycles. The molecule has 0 heterocycles. The van der Waals surface area contributed by atoms with Crippen LogP contribution in [0.15, 0.2) is 0 Å². The molecular weight excluding hydrogens is 204 g/mol. The van der Waals surface area contributed by atoms with Crippen LogP contribution in [-0.4, -0.2) is 18.5 Å². The highest BCUT2D eigenvalue weighted by atomic mass is 79.9. The summed E-state index contributed by atoms with van der Waals surface area (Å²) >= 11 is 3.49. The molecule has 1 aliphatic rings. The van der Waals surface area contributed by atoms with Crippen molar-refractivity contribution in [2.24, 2.45) is 5.92 Å². The third-order valence-corrected chi connectivity index (χ3v) is 3.08. The Bertz CT molecular complexity index is 104. The largest absolute Gasteiger partial charge is 0.381 e. The zero-order valence-corrected chi connectivity index (χ0v) is 8.77. The van der Waals surface area contributed by atoms with Crippen LogP contribution in [0.3, 0.4) is 0 Å². The molecule has 0 spiro atoms. The van der Waals surface area contributed by atoms with E-state index in [0.29, 0.717) is 6.10 Å². The standard InChI is InChI=1S/C9H17BrO/c1-11-9-5-3-2-4-8(9)6-7-10/h8-9H,2-7H2,1H3/t8-,9-/m0/s1. The molecule has 2 heteroatoms. The summed E-state index contributed by atoms with van der Waals surface area (Å²) in [6, 6.07) is 0. The van der Waals surface area contributed by atoms with Gasteiger partial charge < -0.3 is 4.74 Å². The van der Waals surface area contributed by atoms with Crippen LogP contribution in [0.2, 0.25) is 0 Å². The van der Waals surface area contributed by atoms with Gasteiger partial charge in [0.05, 0.1) is 6.10 Å². The van der Waals surface area contributed by atoms with E-state index in [-0.39, 0.29) is 0 Å². The molecule has 1 fully saturated rings. The quantitative estimate of drug-likeness (QED) is 0.665. The van der Waals surface area contributed by atoms with Gasteiger partial charge in [-0.2, -0.15) is 0 Å². The Balaban J connectivity index is 2.31. The van der Waals surface area contributed by atoms with Crippen molar-refractivity contribution in [3.63, 3.8) is 0 Å². The minimum Gasteiger partial charge on any atom is -0.381 e. The first kappa shape index (κ1) is 9.53. The highest BCUT2D eigenvalue weighted by Gasteiger charge is 2.23. The third-order valence-electron chi connectivity index (χ3n) is 2.62. The lowest BCUT2D eigenvalue weighted by Gasteiger charge is -2.29. The molecule has 0 aromatic heterocycles. The minimum absolute atomic E-state index is 0.543. The monoisotopic (exact) mass is 220 g/mol. The summed E-state index contributed by atoms with van der Waals surface area (Å²) < 4.78 is 5.44.